The average Bonchev–Trinajstić information content (AvgIpc) is 2.73. The molecule has 4 nitrogen and oxygen atoms in total. The van der Waals surface area contributed by atoms with Gasteiger partial charge >= 0.3 is 6.18 Å². The van der Waals surface area contributed by atoms with E-state index in [1.54, 1.807) is 0 Å². The first-order valence-corrected chi connectivity index (χ1v) is 7.89. The number of alkyl halides is 3. The minimum atomic E-state index is -4.47. The van der Waals surface area contributed by atoms with Crippen LogP contribution in [-0.2, 0) is 0 Å². The van der Waals surface area contributed by atoms with Crippen molar-refractivity contribution in [3.63, 3.8) is 0 Å². The first kappa shape index (κ1) is 17.8. The van der Waals surface area contributed by atoms with Crippen molar-refractivity contribution in [2.24, 2.45) is 0 Å². The summed E-state index contributed by atoms with van der Waals surface area (Å²) in [4.78, 5) is 15.9. The van der Waals surface area contributed by atoms with Crippen LogP contribution in [0, 0.1) is 0 Å². The van der Waals surface area contributed by atoms with Gasteiger partial charge in [-0.2, -0.15) is 13.2 Å². The molecule has 1 aromatic heterocycles. The highest BCUT2D eigenvalue weighted by molar-refractivity contribution is 6.32. The third-order valence-electron chi connectivity index (χ3n) is 3.63. The van der Waals surface area contributed by atoms with E-state index in [0.717, 1.165) is 25.7 Å². The molecule has 0 atom stereocenters. The fourth-order valence-corrected chi connectivity index (χ4v) is 2.72. The van der Waals surface area contributed by atoms with Gasteiger partial charge in [0.15, 0.2) is 6.61 Å². The maximum atomic E-state index is 12.2. The summed E-state index contributed by atoms with van der Waals surface area (Å²) in [5.41, 5.74) is 0.207. The van der Waals surface area contributed by atoms with Crippen molar-refractivity contribution in [1.82, 2.24) is 10.3 Å². The lowest BCUT2D eigenvalue weighted by molar-refractivity contribution is -0.154. The van der Waals surface area contributed by atoms with Crippen LogP contribution in [0.25, 0.3) is 0 Å². The number of halogens is 4. The van der Waals surface area contributed by atoms with Crippen molar-refractivity contribution in [3.8, 4) is 5.88 Å². The molecule has 0 spiro atoms. The molecule has 0 aromatic carbocycles. The van der Waals surface area contributed by atoms with Crippen LogP contribution >= 0.6 is 11.6 Å². The quantitative estimate of drug-likeness (QED) is 0.831. The second kappa shape index (κ2) is 7.86. The zero-order chi connectivity index (χ0) is 16.9. The first-order chi connectivity index (χ1) is 10.8. The van der Waals surface area contributed by atoms with E-state index < -0.39 is 12.8 Å². The Kier molecular flexibility index (Phi) is 6.10. The minimum Gasteiger partial charge on any atom is -0.467 e. The predicted octanol–water partition coefficient (Wildman–Crippen LogP) is 4.13. The Balaban J connectivity index is 1.97. The lowest BCUT2D eigenvalue weighted by Gasteiger charge is -2.16. The van der Waals surface area contributed by atoms with E-state index in [0.29, 0.717) is 0 Å². The zero-order valence-electron chi connectivity index (χ0n) is 12.5. The molecule has 1 heterocycles. The molecule has 1 aliphatic rings. The smallest absolute Gasteiger partial charge is 0.422 e. The van der Waals surface area contributed by atoms with Gasteiger partial charge in [-0.25, -0.2) is 4.98 Å². The molecule has 128 valence electrons. The highest BCUT2D eigenvalue weighted by Crippen LogP contribution is 2.25. The van der Waals surface area contributed by atoms with Crippen LogP contribution in [0.3, 0.4) is 0 Å². The van der Waals surface area contributed by atoms with Crippen LogP contribution in [0.15, 0.2) is 12.3 Å². The topological polar surface area (TPSA) is 51.2 Å². The molecule has 1 aromatic rings. The fraction of sp³-hybridized carbons (Fsp3) is 0.600. The van der Waals surface area contributed by atoms with Crippen molar-refractivity contribution in [3.05, 3.63) is 22.8 Å². The molecule has 0 aliphatic heterocycles. The Morgan fingerprint density at radius 3 is 2.52 bits per heavy atom. The number of ether oxygens (including phenoxy) is 1. The molecular weight excluding hydrogens is 333 g/mol. The van der Waals surface area contributed by atoms with Crippen LogP contribution in [0.1, 0.15) is 48.9 Å². The standard InChI is InChI=1S/C15H18ClF3N2O2/c16-12-7-10(8-20-14(12)23-9-15(17,18)19)13(22)21-11-5-3-1-2-4-6-11/h7-8,11H,1-6,9H2,(H,21,22). The van der Waals surface area contributed by atoms with Gasteiger partial charge < -0.3 is 10.1 Å². The van der Waals surface area contributed by atoms with E-state index in [2.05, 4.69) is 15.0 Å². The molecule has 1 saturated carbocycles. The van der Waals surface area contributed by atoms with E-state index in [9.17, 15) is 18.0 Å². The second-order valence-electron chi connectivity index (χ2n) is 5.58. The van der Waals surface area contributed by atoms with E-state index >= 15 is 0 Å². The van der Waals surface area contributed by atoms with Gasteiger partial charge in [0.05, 0.1) is 5.56 Å². The highest BCUT2D eigenvalue weighted by Gasteiger charge is 2.29. The summed E-state index contributed by atoms with van der Waals surface area (Å²) >= 11 is 5.84. The molecule has 0 saturated heterocycles. The number of nitrogens with one attached hydrogen (secondary N) is 1. The maximum absolute atomic E-state index is 12.2. The van der Waals surface area contributed by atoms with Crippen molar-refractivity contribution in [2.45, 2.75) is 50.7 Å². The normalized spacial score (nSPS) is 16.7. The summed E-state index contributed by atoms with van der Waals surface area (Å²) in [6.07, 6.45) is 3.06. The third-order valence-corrected chi connectivity index (χ3v) is 3.90. The monoisotopic (exact) mass is 350 g/mol. The third kappa shape index (κ3) is 5.89. The summed E-state index contributed by atoms with van der Waals surface area (Å²) in [6, 6.07) is 1.39. The highest BCUT2D eigenvalue weighted by atomic mass is 35.5. The molecule has 23 heavy (non-hydrogen) atoms. The number of pyridine rings is 1. The molecule has 1 N–H and O–H groups in total. The van der Waals surface area contributed by atoms with Crippen molar-refractivity contribution >= 4 is 17.5 Å². The minimum absolute atomic E-state index is 0.116. The van der Waals surface area contributed by atoms with E-state index in [1.807, 2.05) is 0 Å². The van der Waals surface area contributed by atoms with Crippen LogP contribution in [0.2, 0.25) is 5.02 Å². The molecule has 1 amide bonds. The largest absolute Gasteiger partial charge is 0.467 e. The van der Waals surface area contributed by atoms with Crippen molar-refractivity contribution in [1.29, 1.82) is 0 Å². The molecule has 2 rings (SSSR count). The van der Waals surface area contributed by atoms with Gasteiger partial charge in [0.25, 0.3) is 5.91 Å². The number of hydrogen-bond donors (Lipinski definition) is 1. The van der Waals surface area contributed by atoms with Crippen LogP contribution in [-0.4, -0.2) is 29.7 Å². The Morgan fingerprint density at radius 2 is 1.96 bits per heavy atom. The summed E-state index contributed by atoms with van der Waals surface area (Å²) < 4.78 is 40.8. The van der Waals surface area contributed by atoms with E-state index in [1.165, 1.54) is 25.1 Å². The number of carbonyl (C=O) groups is 1. The number of carbonyl (C=O) groups excluding carboxylic acids is 1. The summed E-state index contributed by atoms with van der Waals surface area (Å²) in [7, 11) is 0. The Morgan fingerprint density at radius 1 is 1.30 bits per heavy atom. The van der Waals surface area contributed by atoms with Crippen LogP contribution < -0.4 is 10.1 Å². The molecular formula is C15H18ClF3N2O2. The molecule has 0 unspecified atom stereocenters. The molecule has 8 heteroatoms. The summed E-state index contributed by atoms with van der Waals surface area (Å²) in [5, 5.41) is 2.80. The number of amides is 1. The summed E-state index contributed by atoms with van der Waals surface area (Å²) in [6.45, 7) is -1.48. The van der Waals surface area contributed by atoms with Gasteiger partial charge in [0.2, 0.25) is 5.88 Å². The van der Waals surface area contributed by atoms with Gasteiger partial charge in [0.1, 0.15) is 5.02 Å². The van der Waals surface area contributed by atoms with E-state index in [4.69, 9.17) is 11.6 Å². The van der Waals surface area contributed by atoms with Gasteiger partial charge in [-0.3, -0.25) is 4.79 Å². The fourth-order valence-electron chi connectivity index (χ4n) is 2.50. The lowest BCUT2D eigenvalue weighted by Crippen LogP contribution is -2.34. The molecule has 1 aliphatic carbocycles. The van der Waals surface area contributed by atoms with Crippen LogP contribution in [0.5, 0.6) is 5.88 Å². The summed E-state index contributed by atoms with van der Waals surface area (Å²) in [5.74, 6) is -0.663. The van der Waals surface area contributed by atoms with Crippen molar-refractivity contribution in [2.75, 3.05) is 6.61 Å². The molecule has 0 radical (unpaired) electrons. The first-order valence-electron chi connectivity index (χ1n) is 7.51. The van der Waals surface area contributed by atoms with Gasteiger partial charge in [-0.1, -0.05) is 37.3 Å². The molecule has 1 fully saturated rings. The van der Waals surface area contributed by atoms with Gasteiger partial charge in [-0.15, -0.1) is 0 Å². The number of aromatic nitrogens is 1. The maximum Gasteiger partial charge on any atom is 0.422 e. The van der Waals surface area contributed by atoms with Crippen molar-refractivity contribution < 1.29 is 22.7 Å². The van der Waals surface area contributed by atoms with Crippen LogP contribution in [0.4, 0.5) is 13.2 Å². The Hall–Kier alpha value is -1.50. The SMILES string of the molecule is O=C(NC1CCCCCC1)c1cnc(OCC(F)(F)F)c(Cl)c1. The number of hydrogen-bond acceptors (Lipinski definition) is 3. The Labute approximate surface area is 137 Å². The molecule has 0 bridgehead atoms. The average molecular weight is 351 g/mol. The second-order valence-corrected chi connectivity index (χ2v) is 5.98. The Bertz CT molecular complexity index is 544. The van der Waals surface area contributed by atoms with E-state index in [-0.39, 0.29) is 28.4 Å². The number of rotatable bonds is 4. The zero-order valence-corrected chi connectivity index (χ0v) is 13.2. The van der Waals surface area contributed by atoms with Gasteiger partial charge in [-0.05, 0) is 18.9 Å². The predicted molar refractivity (Wildman–Crippen MR) is 79.8 cm³/mol. The number of nitrogens with zero attached hydrogens (tertiary/aromatic N) is 1. The lowest BCUT2D eigenvalue weighted by atomic mass is 10.1. The van der Waals surface area contributed by atoms with Gasteiger partial charge in [0, 0.05) is 12.2 Å².